The van der Waals surface area contributed by atoms with Crippen molar-refractivity contribution in [2.45, 2.75) is 66.2 Å². The Balaban J connectivity index is 1.54. The lowest BCUT2D eigenvalue weighted by Gasteiger charge is -2.65. The van der Waals surface area contributed by atoms with E-state index in [1.54, 1.807) is 38.5 Å². The van der Waals surface area contributed by atoms with Crippen molar-refractivity contribution in [1.29, 1.82) is 0 Å². The van der Waals surface area contributed by atoms with Crippen LogP contribution in [0.15, 0.2) is 0 Å². The Bertz CT molecular complexity index is 375. The van der Waals surface area contributed by atoms with Crippen LogP contribution < -0.4 is 0 Å². The number of hydrogen-bond acceptors (Lipinski definition) is 0. The molecule has 22 heavy (non-hydrogen) atoms. The van der Waals surface area contributed by atoms with Crippen LogP contribution in [0.5, 0.6) is 0 Å². The third kappa shape index (κ3) is 1.76. The summed E-state index contributed by atoms with van der Waals surface area (Å²) in [6.07, 6.45) is 9.61. The van der Waals surface area contributed by atoms with Gasteiger partial charge in [0, 0.05) is 0 Å². The SMILES string of the molecule is CC1CC(C)C2CC1C1CC2C2CC1C1CC2C(C)CC1C. The van der Waals surface area contributed by atoms with Crippen molar-refractivity contribution in [3.05, 3.63) is 0 Å². The molecule has 0 N–H and O–H groups in total. The van der Waals surface area contributed by atoms with E-state index in [0.29, 0.717) is 0 Å². The van der Waals surface area contributed by atoms with Gasteiger partial charge in [-0.3, -0.25) is 0 Å². The molecule has 0 nitrogen and oxygen atoms in total. The van der Waals surface area contributed by atoms with Crippen LogP contribution in [0.4, 0.5) is 0 Å². The molecule has 0 saturated heterocycles. The third-order valence-electron chi connectivity index (χ3n) is 9.89. The summed E-state index contributed by atoms with van der Waals surface area (Å²) < 4.78 is 0. The Morgan fingerprint density at radius 1 is 0.318 bits per heavy atom. The summed E-state index contributed by atoms with van der Waals surface area (Å²) in [6, 6.07) is 0. The molecule has 0 radical (unpaired) electrons. The predicted octanol–water partition coefficient (Wildman–Crippen LogP) is 5.87. The van der Waals surface area contributed by atoms with E-state index in [4.69, 9.17) is 0 Å². The largest absolute Gasteiger partial charge is 0.0622 e. The van der Waals surface area contributed by atoms with E-state index in [-0.39, 0.29) is 0 Å². The van der Waals surface area contributed by atoms with Crippen LogP contribution in [0.2, 0.25) is 0 Å². The Kier molecular flexibility index (Phi) is 3.11. The molecule has 5 aliphatic carbocycles. The van der Waals surface area contributed by atoms with E-state index in [1.807, 2.05) is 0 Å². The number of hydrogen-bond donors (Lipinski definition) is 0. The Morgan fingerprint density at radius 2 is 0.545 bits per heavy atom. The molecule has 8 bridgehead atoms. The second-order valence-corrected chi connectivity index (χ2v) is 10.6. The van der Waals surface area contributed by atoms with Crippen LogP contribution in [0.25, 0.3) is 0 Å². The maximum Gasteiger partial charge on any atom is -0.0349 e. The van der Waals surface area contributed by atoms with Gasteiger partial charge < -0.3 is 0 Å². The second kappa shape index (κ2) is 4.76. The van der Waals surface area contributed by atoms with Crippen molar-refractivity contribution in [2.24, 2.45) is 71.0 Å². The molecule has 5 saturated carbocycles. The van der Waals surface area contributed by atoms with Gasteiger partial charge in [-0.15, -0.1) is 0 Å². The molecule has 0 aromatic heterocycles. The lowest BCUT2D eigenvalue weighted by atomic mass is 9.40. The predicted molar refractivity (Wildman–Crippen MR) is 92.3 cm³/mol. The number of fused-ring (bicyclic) bond motifs is 14. The summed E-state index contributed by atoms with van der Waals surface area (Å²) in [5, 5.41) is 0. The fourth-order valence-corrected chi connectivity index (χ4v) is 9.11. The molecule has 0 aliphatic heterocycles. The zero-order valence-electron chi connectivity index (χ0n) is 15.2. The third-order valence-corrected chi connectivity index (χ3v) is 9.89. The van der Waals surface area contributed by atoms with Crippen LogP contribution >= 0.6 is 0 Å². The standard InChI is InChI=1S/C22H36/c1-11-5-12(2)16-7-15(11)19-9-21(16)22-10-20(19)17-8-18(22)14(4)6-13(17)3/h11-22H,5-10H2,1-4H3. The Labute approximate surface area is 137 Å². The highest BCUT2D eigenvalue weighted by atomic mass is 14.6. The molecule has 0 aromatic carbocycles. The molecule has 0 heterocycles. The molecule has 5 rings (SSSR count). The summed E-state index contributed by atoms with van der Waals surface area (Å²) in [5.41, 5.74) is 0. The fourth-order valence-electron chi connectivity index (χ4n) is 9.11. The molecule has 0 heteroatoms. The van der Waals surface area contributed by atoms with Gasteiger partial charge in [-0.25, -0.2) is 0 Å². The van der Waals surface area contributed by atoms with E-state index < -0.39 is 0 Å². The van der Waals surface area contributed by atoms with Gasteiger partial charge >= 0.3 is 0 Å². The van der Waals surface area contributed by atoms with E-state index in [2.05, 4.69) is 27.7 Å². The highest BCUT2D eigenvalue weighted by molar-refractivity contribution is 5.08. The van der Waals surface area contributed by atoms with E-state index in [9.17, 15) is 0 Å². The molecule has 12 atom stereocenters. The van der Waals surface area contributed by atoms with E-state index in [0.717, 1.165) is 71.0 Å². The molecule has 0 spiro atoms. The van der Waals surface area contributed by atoms with Gasteiger partial charge in [0.2, 0.25) is 0 Å². The maximum absolute atomic E-state index is 2.60. The smallest absolute Gasteiger partial charge is 0.0349 e. The first-order valence-electron chi connectivity index (χ1n) is 10.5. The van der Waals surface area contributed by atoms with Gasteiger partial charge in [0.25, 0.3) is 0 Å². The lowest BCUT2D eigenvalue weighted by Crippen LogP contribution is -2.58. The van der Waals surface area contributed by atoms with Crippen LogP contribution in [0.1, 0.15) is 66.2 Å². The normalized spacial score (nSPS) is 66.0. The number of rotatable bonds is 0. The van der Waals surface area contributed by atoms with Crippen LogP contribution in [-0.4, -0.2) is 0 Å². The molecule has 124 valence electrons. The van der Waals surface area contributed by atoms with E-state index >= 15 is 0 Å². The fraction of sp³-hybridized carbons (Fsp3) is 1.00. The second-order valence-electron chi connectivity index (χ2n) is 10.6. The molecule has 0 aromatic rings. The zero-order valence-corrected chi connectivity index (χ0v) is 15.2. The van der Waals surface area contributed by atoms with Crippen molar-refractivity contribution in [1.82, 2.24) is 0 Å². The first-order valence-corrected chi connectivity index (χ1v) is 10.5. The van der Waals surface area contributed by atoms with Gasteiger partial charge in [0.1, 0.15) is 0 Å². The quantitative estimate of drug-likeness (QED) is 0.491. The van der Waals surface area contributed by atoms with Gasteiger partial charge in [-0.05, 0) is 110 Å². The van der Waals surface area contributed by atoms with Crippen LogP contribution in [0.3, 0.4) is 0 Å². The van der Waals surface area contributed by atoms with Crippen molar-refractivity contribution in [3.63, 3.8) is 0 Å². The average molecular weight is 301 g/mol. The Hall–Kier alpha value is 0. The molecule has 12 unspecified atom stereocenters. The summed E-state index contributed by atoms with van der Waals surface area (Å²) in [7, 11) is 0. The molecule has 5 aliphatic rings. The van der Waals surface area contributed by atoms with E-state index in [1.165, 1.54) is 0 Å². The summed E-state index contributed by atoms with van der Waals surface area (Å²) >= 11 is 0. The first kappa shape index (κ1) is 14.4. The van der Waals surface area contributed by atoms with Crippen molar-refractivity contribution in [2.75, 3.05) is 0 Å². The summed E-state index contributed by atoms with van der Waals surface area (Å²) in [6.45, 7) is 10.4. The minimum absolute atomic E-state index is 1.02. The van der Waals surface area contributed by atoms with Crippen molar-refractivity contribution < 1.29 is 0 Å². The van der Waals surface area contributed by atoms with Gasteiger partial charge in [0.15, 0.2) is 0 Å². The van der Waals surface area contributed by atoms with Crippen LogP contribution in [0, 0.1) is 71.0 Å². The van der Waals surface area contributed by atoms with Crippen molar-refractivity contribution in [3.8, 4) is 0 Å². The van der Waals surface area contributed by atoms with Gasteiger partial charge in [-0.1, -0.05) is 27.7 Å². The summed E-state index contributed by atoms with van der Waals surface area (Å²) in [4.78, 5) is 0. The highest BCUT2D eigenvalue weighted by Gasteiger charge is 2.59. The molecule has 5 fully saturated rings. The van der Waals surface area contributed by atoms with Gasteiger partial charge in [0.05, 0.1) is 0 Å². The highest BCUT2D eigenvalue weighted by Crippen LogP contribution is 2.67. The molecule has 0 amide bonds. The van der Waals surface area contributed by atoms with Crippen LogP contribution in [-0.2, 0) is 0 Å². The minimum Gasteiger partial charge on any atom is -0.0622 e. The maximum atomic E-state index is 2.60. The Morgan fingerprint density at radius 3 is 0.818 bits per heavy atom. The van der Waals surface area contributed by atoms with Crippen molar-refractivity contribution >= 4 is 0 Å². The topological polar surface area (TPSA) is 0 Å². The average Bonchev–Trinajstić information content (AvgIpc) is 2.49. The molecular formula is C22H36. The minimum atomic E-state index is 1.02. The zero-order chi connectivity index (χ0) is 15.2. The summed E-state index contributed by atoms with van der Waals surface area (Å²) in [5.74, 6) is 13.0. The lowest BCUT2D eigenvalue weighted by molar-refractivity contribution is -0.166. The molecular weight excluding hydrogens is 264 g/mol. The van der Waals surface area contributed by atoms with Gasteiger partial charge in [-0.2, -0.15) is 0 Å². The monoisotopic (exact) mass is 300 g/mol. The first-order chi connectivity index (χ1) is 10.5.